The number of carbonyl (C=O) groups excluding carboxylic acids is 3. The lowest BCUT2D eigenvalue weighted by Gasteiger charge is -2.43. The van der Waals surface area contributed by atoms with E-state index in [-0.39, 0.29) is 36.0 Å². The molecule has 0 radical (unpaired) electrons. The Morgan fingerprint density at radius 1 is 1.24 bits per heavy atom. The molecular formula is C21H33N5O3. The Bertz CT molecular complexity index is 768. The number of nitrogens with zero attached hydrogens (tertiary/aromatic N) is 3. The predicted molar refractivity (Wildman–Crippen MR) is 110 cm³/mol. The first-order chi connectivity index (χ1) is 13.9. The molecule has 8 nitrogen and oxygen atoms in total. The van der Waals surface area contributed by atoms with Crippen LogP contribution in [0.2, 0.25) is 0 Å². The summed E-state index contributed by atoms with van der Waals surface area (Å²) in [5, 5.41) is 10.3. The van der Waals surface area contributed by atoms with E-state index in [2.05, 4.69) is 22.7 Å². The van der Waals surface area contributed by atoms with Crippen LogP contribution in [-0.4, -0.2) is 57.1 Å². The lowest BCUT2D eigenvalue weighted by molar-refractivity contribution is -0.133. The van der Waals surface area contributed by atoms with Gasteiger partial charge in [-0.1, -0.05) is 33.1 Å². The number of carbonyl (C=O) groups is 3. The smallest absolute Gasteiger partial charge is 0.273 e. The average molecular weight is 404 g/mol. The fourth-order valence-electron chi connectivity index (χ4n) is 4.21. The van der Waals surface area contributed by atoms with Crippen LogP contribution >= 0.6 is 0 Å². The molecule has 1 fully saturated rings. The number of nitrogens with one attached hydrogen (secondary N) is 2. The number of amides is 3. The Balaban J connectivity index is 1.84. The first-order valence-corrected chi connectivity index (χ1v) is 10.9. The van der Waals surface area contributed by atoms with E-state index >= 15 is 0 Å². The molecule has 1 atom stereocenters. The van der Waals surface area contributed by atoms with Crippen molar-refractivity contribution >= 4 is 17.7 Å². The Morgan fingerprint density at radius 3 is 2.62 bits per heavy atom. The molecular weight excluding hydrogens is 370 g/mol. The van der Waals surface area contributed by atoms with Gasteiger partial charge in [0.05, 0.1) is 6.54 Å². The highest BCUT2D eigenvalue weighted by Gasteiger charge is 2.48. The second-order valence-corrected chi connectivity index (χ2v) is 8.37. The molecule has 2 N–H and O–H groups in total. The second kappa shape index (κ2) is 8.97. The van der Waals surface area contributed by atoms with Gasteiger partial charge in [0.2, 0.25) is 5.91 Å². The van der Waals surface area contributed by atoms with Crippen molar-refractivity contribution in [2.24, 2.45) is 0 Å². The van der Waals surface area contributed by atoms with Crippen molar-refractivity contribution in [3.63, 3.8) is 0 Å². The van der Waals surface area contributed by atoms with Gasteiger partial charge in [-0.15, -0.1) is 0 Å². The van der Waals surface area contributed by atoms with Gasteiger partial charge in [0.25, 0.3) is 11.8 Å². The second-order valence-electron chi connectivity index (χ2n) is 8.37. The standard InChI is InChI=1S/C21H33N5O3/c1-4-6-11-22-18(27)16-13-17-19(28)25(12-5-2)21(3,14-26(17)24-16)20(29)23-15-9-7-8-10-15/h13,15H,4-12,14H2,1-3H3,(H,22,27)(H,23,29)/t21-/m1/s1. The minimum Gasteiger partial charge on any atom is -0.351 e. The van der Waals surface area contributed by atoms with Gasteiger partial charge in [-0.05, 0) is 32.6 Å². The summed E-state index contributed by atoms with van der Waals surface area (Å²) < 4.78 is 1.53. The highest BCUT2D eigenvalue weighted by Crippen LogP contribution is 2.29. The van der Waals surface area contributed by atoms with E-state index in [0.717, 1.165) is 44.9 Å². The lowest BCUT2D eigenvalue weighted by Crippen LogP contribution is -2.65. The van der Waals surface area contributed by atoms with Crippen LogP contribution in [0.3, 0.4) is 0 Å². The van der Waals surface area contributed by atoms with Gasteiger partial charge in [0.1, 0.15) is 11.2 Å². The molecule has 2 aliphatic rings. The number of rotatable bonds is 8. The number of aromatic nitrogens is 2. The zero-order valence-electron chi connectivity index (χ0n) is 17.8. The summed E-state index contributed by atoms with van der Waals surface area (Å²) in [7, 11) is 0. The molecule has 1 saturated carbocycles. The van der Waals surface area contributed by atoms with Crippen molar-refractivity contribution in [1.82, 2.24) is 25.3 Å². The maximum absolute atomic E-state index is 13.2. The molecule has 8 heteroatoms. The van der Waals surface area contributed by atoms with Crippen LogP contribution in [0.15, 0.2) is 6.07 Å². The Labute approximate surface area is 172 Å². The van der Waals surface area contributed by atoms with Crippen LogP contribution in [-0.2, 0) is 11.3 Å². The van der Waals surface area contributed by atoms with E-state index in [0.29, 0.717) is 18.8 Å². The van der Waals surface area contributed by atoms with Crippen LogP contribution in [0.1, 0.15) is 86.7 Å². The predicted octanol–water partition coefficient (Wildman–Crippen LogP) is 2.10. The summed E-state index contributed by atoms with van der Waals surface area (Å²) in [4.78, 5) is 40.5. The first kappa shape index (κ1) is 21.3. The molecule has 2 heterocycles. The molecule has 0 saturated heterocycles. The molecule has 1 aromatic rings. The zero-order valence-corrected chi connectivity index (χ0v) is 17.8. The molecule has 29 heavy (non-hydrogen) atoms. The van der Waals surface area contributed by atoms with E-state index in [1.807, 2.05) is 6.92 Å². The fraction of sp³-hybridized carbons (Fsp3) is 0.714. The van der Waals surface area contributed by atoms with E-state index in [1.54, 1.807) is 17.9 Å². The summed E-state index contributed by atoms with van der Waals surface area (Å²) >= 11 is 0. The third-order valence-corrected chi connectivity index (χ3v) is 5.97. The van der Waals surface area contributed by atoms with Gasteiger partial charge in [0.15, 0.2) is 5.69 Å². The van der Waals surface area contributed by atoms with Crippen molar-refractivity contribution in [1.29, 1.82) is 0 Å². The van der Waals surface area contributed by atoms with E-state index in [4.69, 9.17) is 0 Å². The maximum atomic E-state index is 13.2. The van der Waals surface area contributed by atoms with E-state index in [1.165, 1.54) is 4.68 Å². The Hall–Kier alpha value is -2.38. The average Bonchev–Trinajstić information content (AvgIpc) is 3.35. The van der Waals surface area contributed by atoms with Gasteiger partial charge in [0, 0.05) is 25.2 Å². The Morgan fingerprint density at radius 2 is 1.97 bits per heavy atom. The van der Waals surface area contributed by atoms with Crippen molar-refractivity contribution in [2.45, 2.75) is 83.8 Å². The molecule has 0 aromatic carbocycles. The monoisotopic (exact) mass is 403 g/mol. The fourth-order valence-corrected chi connectivity index (χ4v) is 4.21. The normalized spacial score (nSPS) is 21.9. The van der Waals surface area contributed by atoms with Crippen molar-refractivity contribution in [2.75, 3.05) is 13.1 Å². The topological polar surface area (TPSA) is 96.3 Å². The number of fused-ring (bicyclic) bond motifs is 1. The summed E-state index contributed by atoms with van der Waals surface area (Å²) in [6.45, 7) is 7.15. The minimum atomic E-state index is -1.02. The molecule has 3 rings (SSSR count). The van der Waals surface area contributed by atoms with Gasteiger partial charge >= 0.3 is 0 Å². The molecule has 1 aliphatic heterocycles. The Kier molecular flexibility index (Phi) is 6.59. The van der Waals surface area contributed by atoms with Crippen LogP contribution in [0, 0.1) is 0 Å². The van der Waals surface area contributed by atoms with Crippen molar-refractivity contribution < 1.29 is 14.4 Å². The zero-order chi connectivity index (χ0) is 21.0. The molecule has 3 amide bonds. The third-order valence-electron chi connectivity index (χ3n) is 5.97. The minimum absolute atomic E-state index is 0.138. The van der Waals surface area contributed by atoms with Crippen molar-refractivity contribution in [3.05, 3.63) is 17.5 Å². The molecule has 160 valence electrons. The number of hydrogen-bond donors (Lipinski definition) is 2. The van der Waals surface area contributed by atoms with Gasteiger partial charge < -0.3 is 15.5 Å². The summed E-state index contributed by atoms with van der Waals surface area (Å²) in [5.41, 5.74) is -0.434. The van der Waals surface area contributed by atoms with E-state index < -0.39 is 5.54 Å². The molecule has 1 aliphatic carbocycles. The first-order valence-electron chi connectivity index (χ1n) is 10.9. The quantitative estimate of drug-likeness (QED) is 0.650. The molecule has 0 spiro atoms. The number of hydrogen-bond acceptors (Lipinski definition) is 4. The highest BCUT2D eigenvalue weighted by atomic mass is 16.2. The van der Waals surface area contributed by atoms with E-state index in [9.17, 15) is 14.4 Å². The van der Waals surface area contributed by atoms with Gasteiger partial charge in [-0.2, -0.15) is 5.10 Å². The summed E-state index contributed by atoms with van der Waals surface area (Å²) in [5.74, 6) is -0.670. The molecule has 0 bridgehead atoms. The largest absolute Gasteiger partial charge is 0.351 e. The van der Waals surface area contributed by atoms with Crippen LogP contribution in [0.25, 0.3) is 0 Å². The SMILES string of the molecule is CCCCNC(=O)c1cc2n(n1)C[C@](C)(C(=O)NC1CCCC1)N(CCC)C2=O. The number of unbranched alkanes of at least 4 members (excludes halogenated alkanes) is 1. The van der Waals surface area contributed by atoms with Crippen LogP contribution < -0.4 is 10.6 Å². The molecule has 1 aromatic heterocycles. The highest BCUT2D eigenvalue weighted by molar-refractivity contribution is 6.01. The lowest BCUT2D eigenvalue weighted by atomic mass is 9.94. The van der Waals surface area contributed by atoms with Gasteiger partial charge in [-0.25, -0.2) is 0 Å². The van der Waals surface area contributed by atoms with Crippen molar-refractivity contribution in [3.8, 4) is 0 Å². The maximum Gasteiger partial charge on any atom is 0.273 e. The molecule has 0 unspecified atom stereocenters. The van der Waals surface area contributed by atoms with Gasteiger partial charge in [-0.3, -0.25) is 19.1 Å². The summed E-state index contributed by atoms with van der Waals surface area (Å²) in [6.07, 6.45) is 6.84. The third kappa shape index (κ3) is 4.31. The van der Waals surface area contributed by atoms with Crippen LogP contribution in [0.4, 0.5) is 0 Å². The summed E-state index contributed by atoms with van der Waals surface area (Å²) in [6, 6.07) is 1.72. The van der Waals surface area contributed by atoms with Crippen LogP contribution in [0.5, 0.6) is 0 Å².